The number of piperazine rings is 1. The lowest BCUT2D eigenvalue weighted by molar-refractivity contribution is -0.146. The Labute approximate surface area is 293 Å². The van der Waals surface area contributed by atoms with E-state index < -0.39 is 18.0 Å². The highest BCUT2D eigenvalue weighted by atomic mass is 35.5. The highest BCUT2D eigenvalue weighted by molar-refractivity contribution is 7.22. The number of fused-ring (bicyclic) bond motifs is 1. The van der Waals surface area contributed by atoms with Gasteiger partial charge in [-0.15, -0.1) is 11.3 Å². The number of carboxylic acids is 1. The van der Waals surface area contributed by atoms with Crippen LogP contribution in [0.25, 0.3) is 31.8 Å². The second kappa shape index (κ2) is 15.1. The summed E-state index contributed by atoms with van der Waals surface area (Å²) in [5, 5.41) is 11.4. The Bertz CT molecular complexity index is 1950. The van der Waals surface area contributed by atoms with Crippen LogP contribution >= 0.6 is 22.9 Å². The predicted octanol–water partition coefficient (Wildman–Crippen LogP) is 7.40. The van der Waals surface area contributed by atoms with Crippen molar-refractivity contribution in [2.45, 2.75) is 25.9 Å². The molecule has 0 bridgehead atoms. The smallest absolute Gasteiger partial charge is 0.345 e. The molecule has 256 valence electrons. The maximum atomic E-state index is 14.0. The third kappa shape index (κ3) is 7.35. The number of nitrogens with zero attached hydrogens (tertiary/aromatic N) is 4. The van der Waals surface area contributed by atoms with Crippen LogP contribution in [0, 0.1) is 12.7 Å². The molecule has 49 heavy (non-hydrogen) atoms. The maximum absolute atomic E-state index is 14.0. The molecule has 1 aliphatic rings. The molecule has 12 heteroatoms. The summed E-state index contributed by atoms with van der Waals surface area (Å²) in [6, 6.07) is 17.2. The molecule has 1 fully saturated rings. The lowest BCUT2D eigenvalue weighted by atomic mass is 9.94. The van der Waals surface area contributed by atoms with Gasteiger partial charge < -0.3 is 24.2 Å². The number of hydrogen-bond donors (Lipinski definition) is 1. The lowest BCUT2D eigenvalue weighted by Crippen LogP contribution is -2.45. The largest absolute Gasteiger partial charge is 0.496 e. The maximum Gasteiger partial charge on any atom is 0.345 e. The van der Waals surface area contributed by atoms with Crippen LogP contribution < -0.4 is 14.2 Å². The quantitative estimate of drug-likeness (QED) is 0.143. The molecule has 2 atom stereocenters. The van der Waals surface area contributed by atoms with Gasteiger partial charge in [0.2, 0.25) is 12.0 Å². The number of rotatable bonds is 12. The standard InChI is InChI=1S/C37H38ClFN4O5S/c1-22-27(13-14-29(32(22)38)47-20-19-43-17-15-42(3)16-18-43)30-31-35(40-21-41-36(31)49-34(30)24-9-11-25(39)12-10-24)48-33(37(44)45)23(2)26-7-5-6-8-28(26)46-4/h5-14,21,23,33H,15-20H2,1-4H3,(H,44,45). The first-order chi connectivity index (χ1) is 23.7. The van der Waals surface area contributed by atoms with Gasteiger partial charge in [0.15, 0.2) is 0 Å². The number of likely N-dealkylation sites (N-methyl/N-ethyl adjacent to an activating group) is 1. The topological polar surface area (TPSA) is 97.3 Å². The summed E-state index contributed by atoms with van der Waals surface area (Å²) < 4.78 is 32.1. The summed E-state index contributed by atoms with van der Waals surface area (Å²) in [7, 11) is 3.67. The van der Waals surface area contributed by atoms with Crippen LogP contribution in [-0.4, -0.2) is 90.4 Å². The molecule has 1 saturated heterocycles. The van der Waals surface area contributed by atoms with E-state index in [2.05, 4.69) is 26.8 Å². The first kappa shape index (κ1) is 34.6. The number of carboxylic acid groups (broad SMARTS) is 1. The van der Waals surface area contributed by atoms with E-state index in [9.17, 15) is 14.3 Å². The number of benzene rings is 3. The Balaban J connectivity index is 1.41. The zero-order chi connectivity index (χ0) is 34.7. The molecule has 0 saturated carbocycles. The summed E-state index contributed by atoms with van der Waals surface area (Å²) in [6.07, 6.45) is 0.0492. The van der Waals surface area contributed by atoms with Crippen LogP contribution in [0.5, 0.6) is 17.4 Å². The van der Waals surface area contributed by atoms with Crippen molar-refractivity contribution in [3.8, 4) is 38.9 Å². The summed E-state index contributed by atoms with van der Waals surface area (Å²) in [6.45, 7) is 9.04. The average Bonchev–Trinajstić information content (AvgIpc) is 3.50. The molecule has 2 aromatic heterocycles. The number of aliphatic carboxylic acids is 1. The predicted molar refractivity (Wildman–Crippen MR) is 191 cm³/mol. The number of ether oxygens (including phenoxy) is 3. The Morgan fingerprint density at radius 3 is 2.49 bits per heavy atom. The molecule has 6 rings (SSSR count). The van der Waals surface area contributed by atoms with E-state index in [1.807, 2.05) is 37.3 Å². The summed E-state index contributed by atoms with van der Waals surface area (Å²) in [4.78, 5) is 27.8. The highest BCUT2D eigenvalue weighted by Gasteiger charge is 2.33. The molecule has 0 spiro atoms. The molecule has 0 aliphatic carbocycles. The van der Waals surface area contributed by atoms with Crippen molar-refractivity contribution >= 4 is 39.1 Å². The molecule has 0 radical (unpaired) electrons. The van der Waals surface area contributed by atoms with Gasteiger partial charge in [0.25, 0.3) is 0 Å². The first-order valence-electron chi connectivity index (χ1n) is 16.0. The van der Waals surface area contributed by atoms with Crippen molar-refractivity contribution < 1.29 is 28.5 Å². The minimum absolute atomic E-state index is 0.113. The number of aromatic nitrogens is 2. The number of carbonyl (C=O) groups is 1. The van der Waals surface area contributed by atoms with Crippen molar-refractivity contribution in [2.24, 2.45) is 0 Å². The minimum Gasteiger partial charge on any atom is -0.496 e. The van der Waals surface area contributed by atoms with Crippen LogP contribution in [0.4, 0.5) is 4.39 Å². The van der Waals surface area contributed by atoms with E-state index in [-0.39, 0.29) is 11.7 Å². The molecule has 0 amide bonds. The zero-order valence-electron chi connectivity index (χ0n) is 27.8. The molecule has 3 heterocycles. The van der Waals surface area contributed by atoms with Crippen molar-refractivity contribution in [1.82, 2.24) is 19.8 Å². The van der Waals surface area contributed by atoms with Gasteiger partial charge >= 0.3 is 5.97 Å². The molecule has 5 aromatic rings. The SMILES string of the molecule is COc1ccccc1C(C)C(Oc1ncnc2sc(-c3ccc(F)cc3)c(-c3ccc(OCCN4CCN(C)CC4)c(Cl)c3C)c12)C(=O)O. The first-order valence-corrected chi connectivity index (χ1v) is 17.2. The zero-order valence-corrected chi connectivity index (χ0v) is 29.4. The number of halogens is 2. The van der Waals surface area contributed by atoms with Crippen LogP contribution in [0.3, 0.4) is 0 Å². The summed E-state index contributed by atoms with van der Waals surface area (Å²) in [5.41, 5.74) is 3.68. The normalized spacial score (nSPS) is 15.2. The number of thiophene rings is 1. The molecule has 3 aromatic carbocycles. The second-order valence-corrected chi connectivity index (χ2v) is 13.5. The van der Waals surface area contributed by atoms with Crippen molar-refractivity contribution in [1.29, 1.82) is 0 Å². The van der Waals surface area contributed by atoms with E-state index in [0.717, 1.165) is 54.3 Å². The van der Waals surface area contributed by atoms with Crippen LogP contribution in [-0.2, 0) is 4.79 Å². The van der Waals surface area contributed by atoms with Crippen LogP contribution in [0.1, 0.15) is 24.0 Å². The third-order valence-corrected chi connectivity index (χ3v) is 10.6. The van der Waals surface area contributed by atoms with E-state index in [1.165, 1.54) is 29.8 Å². The average molecular weight is 705 g/mol. The van der Waals surface area contributed by atoms with Gasteiger partial charge in [-0.1, -0.05) is 54.9 Å². The van der Waals surface area contributed by atoms with Crippen molar-refractivity contribution in [3.05, 3.63) is 89.0 Å². The van der Waals surface area contributed by atoms with E-state index in [4.69, 9.17) is 25.8 Å². The summed E-state index contributed by atoms with van der Waals surface area (Å²) in [5.74, 6) is -0.870. The molecule has 1 aliphatic heterocycles. The second-order valence-electron chi connectivity index (χ2n) is 12.1. The molecule has 1 N–H and O–H groups in total. The fourth-order valence-electron chi connectivity index (χ4n) is 6.15. The van der Waals surface area contributed by atoms with E-state index in [0.29, 0.717) is 44.5 Å². The monoisotopic (exact) mass is 704 g/mol. The van der Waals surface area contributed by atoms with Gasteiger partial charge in [0.05, 0.1) is 17.5 Å². The number of para-hydroxylation sites is 1. The molecule has 2 unspecified atom stereocenters. The van der Waals surface area contributed by atoms with Gasteiger partial charge in [-0.2, -0.15) is 0 Å². The van der Waals surface area contributed by atoms with E-state index >= 15 is 0 Å². The van der Waals surface area contributed by atoms with Gasteiger partial charge in [0, 0.05) is 54.6 Å². The van der Waals surface area contributed by atoms with Gasteiger partial charge in [0.1, 0.15) is 35.1 Å². The van der Waals surface area contributed by atoms with Crippen LogP contribution in [0.2, 0.25) is 5.02 Å². The van der Waals surface area contributed by atoms with Crippen molar-refractivity contribution in [3.63, 3.8) is 0 Å². The van der Waals surface area contributed by atoms with Gasteiger partial charge in [-0.3, -0.25) is 4.90 Å². The summed E-state index contributed by atoms with van der Waals surface area (Å²) >= 11 is 8.37. The van der Waals surface area contributed by atoms with Gasteiger partial charge in [-0.25, -0.2) is 19.2 Å². The fourth-order valence-corrected chi connectivity index (χ4v) is 7.52. The Morgan fingerprint density at radius 1 is 1.04 bits per heavy atom. The molecular weight excluding hydrogens is 667 g/mol. The van der Waals surface area contributed by atoms with Crippen molar-refractivity contribution in [2.75, 3.05) is 53.5 Å². The highest BCUT2D eigenvalue weighted by Crippen LogP contribution is 2.49. The number of hydrogen-bond acceptors (Lipinski definition) is 9. The Kier molecular flexibility index (Phi) is 10.6. The van der Waals surface area contributed by atoms with Crippen LogP contribution in [0.15, 0.2) is 67.0 Å². The van der Waals surface area contributed by atoms with Gasteiger partial charge in [-0.05, 0) is 54.9 Å². The van der Waals surface area contributed by atoms with E-state index in [1.54, 1.807) is 32.2 Å². The Morgan fingerprint density at radius 2 is 1.78 bits per heavy atom. The molecule has 9 nitrogen and oxygen atoms in total. The number of methoxy groups -OCH3 is 1. The third-order valence-electron chi connectivity index (χ3n) is 9.01. The lowest BCUT2D eigenvalue weighted by Gasteiger charge is -2.32. The minimum atomic E-state index is -1.31. The fraction of sp³-hybridized carbons (Fsp3) is 0.324. The molecular formula is C37H38ClFN4O5S. The Hall–Kier alpha value is -4.29.